The summed E-state index contributed by atoms with van der Waals surface area (Å²) in [5, 5.41) is 3.57. The van der Waals surface area contributed by atoms with E-state index in [9.17, 15) is 14.0 Å². The Morgan fingerprint density at radius 1 is 1.13 bits per heavy atom. The maximum absolute atomic E-state index is 13.0. The highest BCUT2D eigenvalue weighted by molar-refractivity contribution is 5.98. The predicted molar refractivity (Wildman–Crippen MR) is 121 cm³/mol. The largest absolute Gasteiger partial charge is 0.491 e. The Kier molecular flexibility index (Phi) is 7.45. The number of benzene rings is 2. The fourth-order valence-corrected chi connectivity index (χ4v) is 3.59. The molecule has 0 saturated carbocycles. The number of hydrogen-bond acceptors (Lipinski definition) is 3. The van der Waals surface area contributed by atoms with Gasteiger partial charge in [-0.05, 0) is 49.1 Å². The van der Waals surface area contributed by atoms with Crippen molar-refractivity contribution in [1.29, 1.82) is 0 Å². The summed E-state index contributed by atoms with van der Waals surface area (Å²) in [6.07, 6.45) is 3.70. The number of nitrogens with zero attached hydrogens (tertiary/aromatic N) is 1. The summed E-state index contributed by atoms with van der Waals surface area (Å²) in [4.78, 5) is 25.6. The first-order valence-electron chi connectivity index (χ1n) is 10.7. The molecule has 0 spiro atoms. The van der Waals surface area contributed by atoms with Crippen molar-refractivity contribution in [3.63, 3.8) is 0 Å². The predicted octanol–water partition coefficient (Wildman–Crippen LogP) is 4.53. The standard InChI is InChI=1S/C25H29FN2O3/c1-4-5-6-15-31-23-17(2)7-10-19-16-21(25(30)28(3)22(19)23)24(29)27-14-13-18-8-11-20(26)12-9-18/h7-12,16H,4-6,13-15H2,1-3H3,(H,27,29). The summed E-state index contributed by atoms with van der Waals surface area (Å²) in [7, 11) is 1.66. The second kappa shape index (κ2) is 10.2. The van der Waals surface area contributed by atoms with Crippen LogP contribution < -0.4 is 15.6 Å². The number of fused-ring (bicyclic) bond motifs is 1. The fourth-order valence-electron chi connectivity index (χ4n) is 3.59. The lowest BCUT2D eigenvalue weighted by Crippen LogP contribution is -2.33. The van der Waals surface area contributed by atoms with Gasteiger partial charge in [0.05, 0.1) is 12.1 Å². The summed E-state index contributed by atoms with van der Waals surface area (Å²) in [5.41, 5.74) is 2.29. The molecule has 1 N–H and O–H groups in total. The number of carbonyl (C=O) groups is 1. The molecule has 31 heavy (non-hydrogen) atoms. The topological polar surface area (TPSA) is 60.3 Å². The van der Waals surface area contributed by atoms with E-state index in [0.29, 0.717) is 30.8 Å². The molecule has 0 bridgehead atoms. The molecule has 0 unspecified atom stereocenters. The van der Waals surface area contributed by atoms with Crippen molar-refractivity contribution >= 4 is 16.8 Å². The summed E-state index contributed by atoms with van der Waals surface area (Å²) in [5.74, 6) is -0.0246. The molecule has 0 aliphatic rings. The van der Waals surface area contributed by atoms with Gasteiger partial charge in [-0.3, -0.25) is 9.59 Å². The summed E-state index contributed by atoms with van der Waals surface area (Å²) >= 11 is 0. The summed E-state index contributed by atoms with van der Waals surface area (Å²) in [6.45, 7) is 5.03. The molecule has 2 aromatic carbocycles. The van der Waals surface area contributed by atoms with Gasteiger partial charge in [-0.2, -0.15) is 0 Å². The van der Waals surface area contributed by atoms with Crippen LogP contribution in [0.1, 0.15) is 47.7 Å². The van der Waals surface area contributed by atoms with Crippen molar-refractivity contribution in [3.8, 4) is 5.75 Å². The van der Waals surface area contributed by atoms with Crippen LogP contribution in [0.2, 0.25) is 0 Å². The third kappa shape index (κ3) is 5.32. The molecule has 0 saturated heterocycles. The molecule has 0 atom stereocenters. The zero-order valence-electron chi connectivity index (χ0n) is 18.3. The summed E-state index contributed by atoms with van der Waals surface area (Å²) < 4.78 is 20.5. The smallest absolute Gasteiger partial charge is 0.263 e. The molecule has 3 aromatic rings. The first kappa shape index (κ1) is 22.5. The van der Waals surface area contributed by atoms with Crippen LogP contribution in [0, 0.1) is 12.7 Å². The lowest BCUT2D eigenvalue weighted by Gasteiger charge is -2.16. The average Bonchev–Trinajstić information content (AvgIpc) is 2.76. The number of amides is 1. The number of aromatic nitrogens is 1. The van der Waals surface area contributed by atoms with Gasteiger partial charge in [0.2, 0.25) is 0 Å². The molecular formula is C25H29FN2O3. The molecule has 6 heteroatoms. The van der Waals surface area contributed by atoms with Crippen LogP contribution in [0.3, 0.4) is 0 Å². The van der Waals surface area contributed by atoms with Gasteiger partial charge in [0.1, 0.15) is 17.1 Å². The minimum absolute atomic E-state index is 0.0925. The van der Waals surface area contributed by atoms with E-state index in [-0.39, 0.29) is 16.9 Å². The van der Waals surface area contributed by atoms with Gasteiger partial charge in [-0.25, -0.2) is 4.39 Å². The number of aryl methyl sites for hydroxylation is 2. The Balaban J connectivity index is 1.80. The number of rotatable bonds is 9. The first-order valence-corrected chi connectivity index (χ1v) is 10.7. The highest BCUT2D eigenvalue weighted by Gasteiger charge is 2.17. The van der Waals surface area contributed by atoms with Gasteiger partial charge in [0.15, 0.2) is 0 Å². The van der Waals surface area contributed by atoms with Crippen molar-refractivity contribution in [3.05, 3.63) is 75.3 Å². The molecular weight excluding hydrogens is 395 g/mol. The molecule has 164 valence electrons. The number of pyridine rings is 1. The molecule has 0 fully saturated rings. The van der Waals surface area contributed by atoms with Gasteiger partial charge < -0.3 is 14.6 Å². The Morgan fingerprint density at radius 3 is 2.58 bits per heavy atom. The van der Waals surface area contributed by atoms with Gasteiger partial charge in [0.25, 0.3) is 11.5 Å². The third-order valence-electron chi connectivity index (χ3n) is 5.38. The zero-order valence-corrected chi connectivity index (χ0v) is 18.3. The Morgan fingerprint density at radius 2 is 1.87 bits per heavy atom. The van der Waals surface area contributed by atoms with E-state index in [1.54, 1.807) is 25.2 Å². The van der Waals surface area contributed by atoms with Gasteiger partial charge in [-0.1, -0.05) is 44.0 Å². The van der Waals surface area contributed by atoms with Crippen molar-refractivity contribution in [2.45, 2.75) is 39.5 Å². The quantitative estimate of drug-likeness (QED) is 0.514. The lowest BCUT2D eigenvalue weighted by molar-refractivity contribution is 0.0952. The SMILES string of the molecule is CCCCCOc1c(C)ccc2cc(C(=O)NCCc3ccc(F)cc3)c(=O)n(C)c12. The van der Waals surface area contributed by atoms with Crippen molar-refractivity contribution < 1.29 is 13.9 Å². The first-order chi connectivity index (χ1) is 14.9. The van der Waals surface area contributed by atoms with Crippen LogP contribution in [-0.2, 0) is 13.5 Å². The molecule has 3 rings (SSSR count). The normalized spacial score (nSPS) is 11.0. The highest BCUT2D eigenvalue weighted by atomic mass is 19.1. The Hall–Kier alpha value is -3.15. The average molecular weight is 425 g/mol. The maximum Gasteiger partial charge on any atom is 0.263 e. The van der Waals surface area contributed by atoms with E-state index in [2.05, 4.69) is 12.2 Å². The number of hydrogen-bond donors (Lipinski definition) is 1. The zero-order chi connectivity index (χ0) is 22.4. The van der Waals surface area contributed by atoms with E-state index in [0.717, 1.165) is 35.8 Å². The van der Waals surface area contributed by atoms with Crippen molar-refractivity contribution in [2.75, 3.05) is 13.2 Å². The molecule has 0 aliphatic heterocycles. The van der Waals surface area contributed by atoms with Gasteiger partial charge in [0, 0.05) is 19.0 Å². The minimum atomic E-state index is -0.421. The molecule has 0 aliphatic carbocycles. The third-order valence-corrected chi connectivity index (χ3v) is 5.38. The van der Waals surface area contributed by atoms with E-state index < -0.39 is 5.91 Å². The van der Waals surface area contributed by atoms with Crippen LogP contribution in [0.4, 0.5) is 4.39 Å². The van der Waals surface area contributed by atoms with Crippen LogP contribution in [-0.4, -0.2) is 23.6 Å². The van der Waals surface area contributed by atoms with E-state index in [1.807, 2.05) is 19.1 Å². The summed E-state index contributed by atoms with van der Waals surface area (Å²) in [6, 6.07) is 11.6. The van der Waals surface area contributed by atoms with Crippen LogP contribution in [0.5, 0.6) is 5.75 Å². The molecule has 1 heterocycles. The number of nitrogens with one attached hydrogen (secondary N) is 1. The van der Waals surface area contributed by atoms with Crippen molar-refractivity contribution in [1.82, 2.24) is 9.88 Å². The molecule has 5 nitrogen and oxygen atoms in total. The minimum Gasteiger partial charge on any atom is -0.491 e. The van der Waals surface area contributed by atoms with Crippen LogP contribution in [0.25, 0.3) is 10.9 Å². The second-order valence-electron chi connectivity index (χ2n) is 7.76. The van der Waals surface area contributed by atoms with Crippen LogP contribution >= 0.6 is 0 Å². The number of unbranched alkanes of at least 4 members (excludes halogenated alkanes) is 2. The number of halogens is 1. The van der Waals surface area contributed by atoms with Crippen molar-refractivity contribution in [2.24, 2.45) is 7.05 Å². The van der Waals surface area contributed by atoms with Crippen LogP contribution in [0.15, 0.2) is 47.3 Å². The monoisotopic (exact) mass is 424 g/mol. The second-order valence-corrected chi connectivity index (χ2v) is 7.76. The van der Waals surface area contributed by atoms with Gasteiger partial charge >= 0.3 is 0 Å². The maximum atomic E-state index is 13.0. The number of carbonyl (C=O) groups excluding carboxylic acids is 1. The number of ether oxygens (including phenoxy) is 1. The van der Waals surface area contributed by atoms with Gasteiger partial charge in [-0.15, -0.1) is 0 Å². The molecule has 1 aromatic heterocycles. The fraction of sp³-hybridized carbons (Fsp3) is 0.360. The Labute approximate surface area is 181 Å². The molecule has 1 amide bonds. The van der Waals surface area contributed by atoms with E-state index in [1.165, 1.54) is 16.7 Å². The van der Waals surface area contributed by atoms with E-state index >= 15 is 0 Å². The highest BCUT2D eigenvalue weighted by Crippen LogP contribution is 2.29. The molecule has 0 radical (unpaired) electrons. The lowest BCUT2D eigenvalue weighted by atomic mass is 10.1. The van der Waals surface area contributed by atoms with E-state index in [4.69, 9.17) is 4.74 Å². The Bertz CT molecular complexity index is 1120.